The molecule has 0 fully saturated rings. The number of likely N-dealkylation sites (N-methyl/N-ethyl adjacent to an activating group) is 1. The van der Waals surface area contributed by atoms with Crippen molar-refractivity contribution in [3.63, 3.8) is 0 Å². The number of hydrogen-bond donors (Lipinski definition) is 1. The highest BCUT2D eigenvalue weighted by Gasteiger charge is 2.22. The Labute approximate surface area is 112 Å². The Morgan fingerprint density at radius 3 is 2.74 bits per heavy atom. The number of carbonyl (C=O) groups excluding carboxylic acids is 1. The Kier molecular flexibility index (Phi) is 3.32. The Bertz CT molecular complexity index is 611. The zero-order chi connectivity index (χ0) is 14.2. The summed E-state index contributed by atoms with van der Waals surface area (Å²) in [5.74, 6) is -0.190. The highest BCUT2D eigenvalue weighted by atomic mass is 16.3. The van der Waals surface area contributed by atoms with Crippen LogP contribution in [0.5, 0.6) is 0 Å². The summed E-state index contributed by atoms with van der Waals surface area (Å²) in [5, 5.41) is 9.75. The van der Waals surface area contributed by atoms with Crippen LogP contribution in [0.25, 0.3) is 5.65 Å². The normalized spacial score (nSPS) is 11.8. The molecule has 0 atom stereocenters. The van der Waals surface area contributed by atoms with Gasteiger partial charge < -0.3 is 14.4 Å². The molecule has 0 aliphatic rings. The zero-order valence-electron chi connectivity index (χ0n) is 11.7. The fourth-order valence-electron chi connectivity index (χ4n) is 2.10. The van der Waals surface area contributed by atoms with Crippen molar-refractivity contribution in [3.8, 4) is 0 Å². The Morgan fingerprint density at radius 1 is 1.47 bits per heavy atom. The second-order valence-corrected chi connectivity index (χ2v) is 5.50. The smallest absolute Gasteiger partial charge is 0.273 e. The van der Waals surface area contributed by atoms with E-state index in [2.05, 4.69) is 4.98 Å². The molecule has 0 saturated heterocycles. The van der Waals surface area contributed by atoms with Crippen molar-refractivity contribution in [2.45, 2.75) is 26.4 Å². The topological polar surface area (TPSA) is 57.8 Å². The zero-order valence-corrected chi connectivity index (χ0v) is 11.7. The highest BCUT2D eigenvalue weighted by molar-refractivity contribution is 5.92. The summed E-state index contributed by atoms with van der Waals surface area (Å²) in [5.41, 5.74) is 1.25. The lowest BCUT2D eigenvalue weighted by Crippen LogP contribution is -2.39. The van der Waals surface area contributed by atoms with Gasteiger partial charge in [0.05, 0.1) is 5.60 Å². The molecule has 0 bridgehead atoms. The highest BCUT2D eigenvalue weighted by Crippen LogP contribution is 2.11. The van der Waals surface area contributed by atoms with E-state index in [1.165, 1.54) is 4.90 Å². The summed E-state index contributed by atoms with van der Waals surface area (Å²) in [6.07, 6.45) is 1.73. The number of fused-ring (bicyclic) bond motifs is 1. The van der Waals surface area contributed by atoms with E-state index in [4.69, 9.17) is 0 Å². The Hall–Kier alpha value is -1.88. The predicted octanol–water partition coefficient (Wildman–Crippen LogP) is 1.49. The quantitative estimate of drug-likeness (QED) is 0.910. The number of nitrogens with zero attached hydrogens (tertiary/aromatic N) is 3. The van der Waals surface area contributed by atoms with Gasteiger partial charge in [0, 0.05) is 25.5 Å². The van der Waals surface area contributed by atoms with Crippen LogP contribution >= 0.6 is 0 Å². The van der Waals surface area contributed by atoms with Crippen molar-refractivity contribution in [2.24, 2.45) is 0 Å². The van der Waals surface area contributed by atoms with Crippen molar-refractivity contribution in [1.82, 2.24) is 14.3 Å². The number of aryl methyl sites for hydroxylation is 1. The van der Waals surface area contributed by atoms with E-state index in [9.17, 15) is 9.90 Å². The molecule has 0 unspecified atom stereocenters. The van der Waals surface area contributed by atoms with Crippen molar-refractivity contribution >= 4 is 11.6 Å². The standard InChI is InChI=1S/C14H19N3O2/c1-10-6-5-7-12-15-11(8-17(10)12)13(18)16(4)9-14(2,3)19/h5-8,19H,9H2,1-4H3. The summed E-state index contributed by atoms with van der Waals surface area (Å²) < 4.78 is 1.88. The van der Waals surface area contributed by atoms with Gasteiger partial charge in [0.25, 0.3) is 5.91 Å². The maximum absolute atomic E-state index is 12.2. The third kappa shape index (κ3) is 2.93. The molecule has 19 heavy (non-hydrogen) atoms. The van der Waals surface area contributed by atoms with Crippen molar-refractivity contribution in [3.05, 3.63) is 35.8 Å². The van der Waals surface area contributed by atoms with Crippen LogP contribution in [0, 0.1) is 6.92 Å². The molecule has 2 heterocycles. The average Bonchev–Trinajstić information content (AvgIpc) is 2.71. The van der Waals surface area contributed by atoms with Crippen LogP contribution < -0.4 is 0 Å². The van der Waals surface area contributed by atoms with Gasteiger partial charge in [0.15, 0.2) is 0 Å². The predicted molar refractivity (Wildman–Crippen MR) is 73.2 cm³/mol. The van der Waals surface area contributed by atoms with Crippen LogP contribution in [0.15, 0.2) is 24.4 Å². The molecule has 0 aliphatic heterocycles. The van der Waals surface area contributed by atoms with E-state index < -0.39 is 5.60 Å². The Morgan fingerprint density at radius 2 is 2.16 bits per heavy atom. The van der Waals surface area contributed by atoms with Crippen LogP contribution in [0.2, 0.25) is 0 Å². The molecule has 2 aromatic rings. The number of hydrogen-bond acceptors (Lipinski definition) is 3. The minimum atomic E-state index is -0.917. The van der Waals surface area contributed by atoms with Crippen molar-refractivity contribution in [2.75, 3.05) is 13.6 Å². The third-order valence-electron chi connectivity index (χ3n) is 2.89. The molecule has 5 nitrogen and oxygen atoms in total. The van der Waals surface area contributed by atoms with Gasteiger partial charge in [0.2, 0.25) is 0 Å². The molecule has 0 saturated carbocycles. The molecule has 2 aromatic heterocycles. The molecule has 5 heteroatoms. The number of aliphatic hydroxyl groups is 1. The average molecular weight is 261 g/mol. The maximum atomic E-state index is 12.2. The summed E-state index contributed by atoms with van der Waals surface area (Å²) in [6.45, 7) is 5.57. The van der Waals surface area contributed by atoms with E-state index in [1.54, 1.807) is 27.1 Å². The molecule has 102 valence electrons. The first-order valence-electron chi connectivity index (χ1n) is 6.20. The fourth-order valence-corrected chi connectivity index (χ4v) is 2.10. The number of pyridine rings is 1. The van der Waals surface area contributed by atoms with Crippen molar-refractivity contribution < 1.29 is 9.90 Å². The van der Waals surface area contributed by atoms with Crippen LogP contribution in [0.4, 0.5) is 0 Å². The first-order valence-corrected chi connectivity index (χ1v) is 6.20. The summed E-state index contributed by atoms with van der Waals surface area (Å²) in [6, 6.07) is 5.73. The Balaban J connectivity index is 2.29. The molecule has 1 N–H and O–H groups in total. The molecular weight excluding hydrogens is 242 g/mol. The van der Waals surface area contributed by atoms with Gasteiger partial charge in [-0.15, -0.1) is 0 Å². The van der Waals surface area contributed by atoms with Crippen molar-refractivity contribution in [1.29, 1.82) is 0 Å². The third-order valence-corrected chi connectivity index (χ3v) is 2.89. The summed E-state index contributed by atoms with van der Waals surface area (Å²) in [7, 11) is 1.66. The van der Waals surface area contributed by atoms with Crippen LogP contribution in [0.3, 0.4) is 0 Å². The second-order valence-electron chi connectivity index (χ2n) is 5.50. The van der Waals surface area contributed by atoms with E-state index >= 15 is 0 Å². The van der Waals surface area contributed by atoms with E-state index in [1.807, 2.05) is 29.5 Å². The first kappa shape index (κ1) is 13.5. The van der Waals surface area contributed by atoms with Gasteiger partial charge in [-0.2, -0.15) is 0 Å². The number of aromatic nitrogens is 2. The summed E-state index contributed by atoms with van der Waals surface area (Å²) >= 11 is 0. The number of carbonyl (C=O) groups is 1. The lowest BCUT2D eigenvalue weighted by molar-refractivity contribution is 0.0365. The SMILES string of the molecule is Cc1cccc2nc(C(=O)N(C)CC(C)(C)O)cn12. The number of rotatable bonds is 3. The number of amides is 1. The summed E-state index contributed by atoms with van der Waals surface area (Å²) in [4.78, 5) is 18.0. The second kappa shape index (κ2) is 4.66. The van der Waals surface area contributed by atoms with Gasteiger partial charge in [-0.05, 0) is 32.9 Å². The minimum absolute atomic E-state index is 0.190. The van der Waals surface area contributed by atoms with E-state index in [0.717, 1.165) is 11.3 Å². The fraction of sp³-hybridized carbons (Fsp3) is 0.429. The number of imidazole rings is 1. The van der Waals surface area contributed by atoms with Gasteiger partial charge in [-0.25, -0.2) is 4.98 Å². The van der Waals surface area contributed by atoms with Gasteiger partial charge in [-0.1, -0.05) is 6.07 Å². The monoisotopic (exact) mass is 261 g/mol. The van der Waals surface area contributed by atoms with Crippen LogP contribution in [-0.4, -0.2) is 44.5 Å². The molecular formula is C14H19N3O2. The lowest BCUT2D eigenvalue weighted by atomic mass is 10.1. The van der Waals surface area contributed by atoms with Gasteiger partial charge in [0.1, 0.15) is 11.3 Å². The first-order chi connectivity index (χ1) is 8.78. The largest absolute Gasteiger partial charge is 0.389 e. The maximum Gasteiger partial charge on any atom is 0.273 e. The van der Waals surface area contributed by atoms with E-state index in [0.29, 0.717) is 5.69 Å². The molecule has 0 radical (unpaired) electrons. The molecule has 0 spiro atoms. The molecule has 1 amide bonds. The van der Waals surface area contributed by atoms with Gasteiger partial charge in [-0.3, -0.25) is 4.79 Å². The van der Waals surface area contributed by atoms with E-state index in [-0.39, 0.29) is 12.5 Å². The molecule has 2 rings (SSSR count). The lowest BCUT2D eigenvalue weighted by Gasteiger charge is -2.24. The molecule has 0 aliphatic carbocycles. The molecule has 0 aromatic carbocycles. The van der Waals surface area contributed by atoms with Crippen LogP contribution in [-0.2, 0) is 0 Å². The minimum Gasteiger partial charge on any atom is -0.389 e. The van der Waals surface area contributed by atoms with Gasteiger partial charge >= 0.3 is 0 Å². The van der Waals surface area contributed by atoms with Crippen LogP contribution in [0.1, 0.15) is 30.0 Å².